The van der Waals surface area contributed by atoms with Gasteiger partial charge in [-0.2, -0.15) is 0 Å². The van der Waals surface area contributed by atoms with Crippen LogP contribution >= 0.6 is 11.8 Å². The SMILES string of the molecule is O=C(C[C@H]1Sc2ccccc2NC1=O)NCc1cccnc1. The molecule has 112 valence electrons. The number of hydrogen-bond acceptors (Lipinski definition) is 4. The highest BCUT2D eigenvalue weighted by molar-refractivity contribution is 8.01. The van der Waals surface area contributed by atoms with Crippen LogP contribution in [0.25, 0.3) is 0 Å². The van der Waals surface area contributed by atoms with Gasteiger partial charge in [-0.15, -0.1) is 11.8 Å². The fourth-order valence-electron chi connectivity index (χ4n) is 2.17. The molecule has 3 rings (SSSR count). The lowest BCUT2D eigenvalue weighted by molar-refractivity contribution is -0.124. The van der Waals surface area contributed by atoms with Gasteiger partial charge in [-0.1, -0.05) is 18.2 Å². The summed E-state index contributed by atoms with van der Waals surface area (Å²) in [6, 6.07) is 11.3. The Morgan fingerprint density at radius 1 is 1.27 bits per heavy atom. The fourth-order valence-corrected chi connectivity index (χ4v) is 3.28. The molecule has 22 heavy (non-hydrogen) atoms. The van der Waals surface area contributed by atoms with E-state index in [9.17, 15) is 9.59 Å². The molecule has 1 aromatic heterocycles. The molecule has 1 aromatic carbocycles. The van der Waals surface area contributed by atoms with Crippen LogP contribution in [0.3, 0.4) is 0 Å². The summed E-state index contributed by atoms with van der Waals surface area (Å²) in [7, 11) is 0. The molecule has 1 atom stereocenters. The monoisotopic (exact) mass is 313 g/mol. The van der Waals surface area contributed by atoms with E-state index in [4.69, 9.17) is 0 Å². The number of carbonyl (C=O) groups excluding carboxylic acids is 2. The molecule has 0 aliphatic carbocycles. The maximum Gasteiger partial charge on any atom is 0.238 e. The average molecular weight is 313 g/mol. The largest absolute Gasteiger partial charge is 0.352 e. The van der Waals surface area contributed by atoms with Gasteiger partial charge >= 0.3 is 0 Å². The van der Waals surface area contributed by atoms with Gasteiger partial charge in [0.2, 0.25) is 11.8 Å². The molecule has 2 N–H and O–H groups in total. The number of hydrogen-bond donors (Lipinski definition) is 2. The molecule has 0 radical (unpaired) electrons. The molecule has 0 bridgehead atoms. The zero-order chi connectivity index (χ0) is 15.4. The van der Waals surface area contributed by atoms with Crippen LogP contribution in [0.4, 0.5) is 5.69 Å². The molecule has 0 saturated heterocycles. The summed E-state index contributed by atoms with van der Waals surface area (Å²) in [4.78, 5) is 29.1. The molecule has 0 fully saturated rings. The molecule has 1 aliphatic heterocycles. The number of para-hydroxylation sites is 1. The summed E-state index contributed by atoms with van der Waals surface area (Å²) in [6.45, 7) is 0.419. The van der Waals surface area contributed by atoms with E-state index < -0.39 is 5.25 Å². The van der Waals surface area contributed by atoms with Gasteiger partial charge in [0, 0.05) is 30.3 Å². The molecular weight excluding hydrogens is 298 g/mol. The Bertz CT molecular complexity index is 691. The van der Waals surface area contributed by atoms with Crippen molar-refractivity contribution >= 4 is 29.3 Å². The number of rotatable bonds is 4. The lowest BCUT2D eigenvalue weighted by Gasteiger charge is -2.23. The number of benzene rings is 1. The van der Waals surface area contributed by atoms with Crippen molar-refractivity contribution in [1.82, 2.24) is 10.3 Å². The van der Waals surface area contributed by atoms with E-state index in [1.165, 1.54) is 11.8 Å². The van der Waals surface area contributed by atoms with Crippen molar-refractivity contribution in [2.75, 3.05) is 5.32 Å². The molecule has 6 heteroatoms. The van der Waals surface area contributed by atoms with Crippen molar-refractivity contribution < 1.29 is 9.59 Å². The lowest BCUT2D eigenvalue weighted by atomic mass is 10.2. The number of aromatic nitrogens is 1. The first-order valence-electron chi connectivity index (χ1n) is 6.94. The Morgan fingerprint density at radius 2 is 2.14 bits per heavy atom. The summed E-state index contributed by atoms with van der Waals surface area (Å²) in [5.41, 5.74) is 1.74. The van der Waals surface area contributed by atoms with Crippen LogP contribution in [0.1, 0.15) is 12.0 Å². The summed E-state index contributed by atoms with van der Waals surface area (Å²) in [6.07, 6.45) is 3.55. The van der Waals surface area contributed by atoms with E-state index in [1.54, 1.807) is 12.4 Å². The standard InChI is InChI=1S/C16H15N3O2S/c20-15(18-10-11-4-3-7-17-9-11)8-14-16(21)19-12-5-1-2-6-13(12)22-14/h1-7,9,14H,8,10H2,(H,18,20)(H,19,21)/t14-/m1/s1. The predicted molar refractivity (Wildman–Crippen MR) is 85.4 cm³/mol. The van der Waals surface area contributed by atoms with Crippen LogP contribution in [-0.2, 0) is 16.1 Å². The van der Waals surface area contributed by atoms with Crippen LogP contribution in [-0.4, -0.2) is 22.0 Å². The summed E-state index contributed by atoms with van der Waals surface area (Å²) < 4.78 is 0. The van der Waals surface area contributed by atoms with Gasteiger partial charge in [-0.05, 0) is 23.8 Å². The van der Waals surface area contributed by atoms with Crippen molar-refractivity contribution in [3.63, 3.8) is 0 Å². The highest BCUT2D eigenvalue weighted by atomic mass is 32.2. The van der Waals surface area contributed by atoms with Crippen molar-refractivity contribution in [3.8, 4) is 0 Å². The number of nitrogens with one attached hydrogen (secondary N) is 2. The second kappa shape index (κ2) is 6.62. The maximum atomic E-state index is 12.0. The van der Waals surface area contributed by atoms with Crippen LogP contribution < -0.4 is 10.6 Å². The molecule has 0 saturated carbocycles. The fraction of sp³-hybridized carbons (Fsp3) is 0.188. The van der Waals surface area contributed by atoms with Gasteiger partial charge in [0.05, 0.1) is 10.9 Å². The minimum atomic E-state index is -0.399. The van der Waals surface area contributed by atoms with Crippen LogP contribution in [0.15, 0.2) is 53.7 Å². The molecule has 2 amide bonds. The highest BCUT2D eigenvalue weighted by Gasteiger charge is 2.28. The van der Waals surface area contributed by atoms with Crippen LogP contribution in [0, 0.1) is 0 Å². The zero-order valence-corrected chi connectivity index (χ0v) is 12.6. The van der Waals surface area contributed by atoms with Crippen molar-refractivity contribution in [2.45, 2.75) is 23.1 Å². The summed E-state index contributed by atoms with van der Waals surface area (Å²) in [5.74, 6) is -0.267. The summed E-state index contributed by atoms with van der Waals surface area (Å²) in [5, 5.41) is 5.26. The second-order valence-electron chi connectivity index (χ2n) is 4.93. The number of fused-ring (bicyclic) bond motifs is 1. The number of thioether (sulfide) groups is 1. The van der Waals surface area contributed by atoms with Gasteiger partial charge < -0.3 is 10.6 Å². The Labute approximate surface area is 132 Å². The summed E-state index contributed by atoms with van der Waals surface area (Å²) >= 11 is 1.43. The smallest absolute Gasteiger partial charge is 0.238 e. The highest BCUT2D eigenvalue weighted by Crippen LogP contribution is 2.36. The quantitative estimate of drug-likeness (QED) is 0.908. The maximum absolute atomic E-state index is 12.0. The molecule has 0 spiro atoms. The Morgan fingerprint density at radius 3 is 2.95 bits per heavy atom. The van der Waals surface area contributed by atoms with E-state index in [-0.39, 0.29) is 18.2 Å². The average Bonchev–Trinajstić information content (AvgIpc) is 2.55. The van der Waals surface area contributed by atoms with Crippen LogP contribution in [0.5, 0.6) is 0 Å². The molecule has 0 unspecified atom stereocenters. The zero-order valence-electron chi connectivity index (χ0n) is 11.8. The lowest BCUT2D eigenvalue weighted by Crippen LogP contribution is -2.34. The molecule has 2 aromatic rings. The Hall–Kier alpha value is -2.34. The van der Waals surface area contributed by atoms with Crippen LogP contribution in [0.2, 0.25) is 0 Å². The van der Waals surface area contributed by atoms with Gasteiger partial charge in [-0.25, -0.2) is 0 Å². The van der Waals surface area contributed by atoms with Crippen molar-refractivity contribution in [1.29, 1.82) is 0 Å². The van der Waals surface area contributed by atoms with E-state index >= 15 is 0 Å². The molecule has 2 heterocycles. The Balaban J connectivity index is 1.57. The number of anilines is 1. The van der Waals surface area contributed by atoms with Gasteiger partial charge in [-0.3, -0.25) is 14.6 Å². The first-order chi connectivity index (χ1) is 10.7. The Kier molecular flexibility index (Phi) is 4.39. The van der Waals surface area contributed by atoms with E-state index in [0.29, 0.717) is 6.54 Å². The van der Waals surface area contributed by atoms with Crippen molar-refractivity contribution in [3.05, 3.63) is 54.4 Å². The number of carbonyl (C=O) groups is 2. The number of amides is 2. The molecular formula is C16H15N3O2S. The third-order valence-corrected chi connectivity index (χ3v) is 4.57. The predicted octanol–water partition coefficient (Wildman–Crippen LogP) is 2.20. The normalized spacial score (nSPS) is 16.5. The van der Waals surface area contributed by atoms with E-state index in [1.807, 2.05) is 36.4 Å². The topological polar surface area (TPSA) is 71.1 Å². The number of nitrogens with zero attached hydrogens (tertiary/aromatic N) is 1. The van der Waals surface area contributed by atoms with Crippen molar-refractivity contribution in [2.24, 2.45) is 0 Å². The first-order valence-corrected chi connectivity index (χ1v) is 7.82. The van der Waals surface area contributed by atoms with E-state index in [0.717, 1.165) is 16.1 Å². The number of pyridine rings is 1. The minimum absolute atomic E-state index is 0.125. The van der Waals surface area contributed by atoms with Gasteiger partial charge in [0.25, 0.3) is 0 Å². The first kappa shape index (κ1) is 14.6. The second-order valence-corrected chi connectivity index (χ2v) is 6.18. The van der Waals surface area contributed by atoms with Gasteiger partial charge in [0.1, 0.15) is 0 Å². The van der Waals surface area contributed by atoms with E-state index in [2.05, 4.69) is 15.6 Å². The van der Waals surface area contributed by atoms with Gasteiger partial charge in [0.15, 0.2) is 0 Å². The minimum Gasteiger partial charge on any atom is -0.352 e. The third-order valence-electron chi connectivity index (χ3n) is 3.29. The molecule has 1 aliphatic rings. The third kappa shape index (κ3) is 3.46. The molecule has 5 nitrogen and oxygen atoms in total.